The summed E-state index contributed by atoms with van der Waals surface area (Å²) in [5.41, 5.74) is -0.174. The molecule has 1 atom stereocenters. The normalized spacial score (nSPS) is 34.6. The van der Waals surface area contributed by atoms with E-state index in [0.717, 1.165) is 43.6 Å². The molecule has 24 heavy (non-hydrogen) atoms. The highest BCUT2D eigenvalue weighted by Crippen LogP contribution is 2.60. The van der Waals surface area contributed by atoms with Gasteiger partial charge in [0.15, 0.2) is 0 Å². The molecule has 1 unspecified atom stereocenters. The summed E-state index contributed by atoms with van der Waals surface area (Å²) in [4.78, 5) is 27.1. The van der Waals surface area contributed by atoms with E-state index in [1.165, 1.54) is 19.3 Å². The lowest BCUT2D eigenvalue weighted by atomic mass is 9.49. The lowest BCUT2D eigenvalue weighted by molar-refractivity contribution is -0.148. The van der Waals surface area contributed by atoms with Crippen LogP contribution < -0.4 is 23.0 Å². The Morgan fingerprint density at radius 1 is 1.08 bits per heavy atom. The number of hydrogen-bond acceptors (Lipinski definition) is 3. The number of halogens is 1. The highest BCUT2D eigenvalue weighted by Gasteiger charge is 2.54. The monoisotopic (exact) mass is 356 g/mol. The lowest BCUT2D eigenvalue weighted by Crippen LogP contribution is -3.00. The first-order valence-corrected chi connectivity index (χ1v) is 9.11. The van der Waals surface area contributed by atoms with E-state index in [1.807, 2.05) is 19.0 Å². The second-order valence-corrected chi connectivity index (χ2v) is 8.49. The van der Waals surface area contributed by atoms with Crippen LogP contribution in [-0.2, 0) is 9.59 Å². The van der Waals surface area contributed by atoms with Crippen LogP contribution in [0.4, 0.5) is 0 Å². The summed E-state index contributed by atoms with van der Waals surface area (Å²) in [6.07, 6.45) is 7.10. The molecule has 0 saturated heterocycles. The molecule has 4 aliphatic rings. The molecule has 0 aromatic heterocycles. The van der Waals surface area contributed by atoms with E-state index in [9.17, 15) is 9.59 Å². The van der Waals surface area contributed by atoms with Gasteiger partial charge in [-0.2, -0.15) is 0 Å². The third-order valence-electron chi connectivity index (χ3n) is 6.12. The SMILES string of the molecule is CC(NC(=O)C12CC3CC(CC(C3)C1)C2)C(=O)NCCN(C)C.[Cl-]. The van der Waals surface area contributed by atoms with E-state index in [4.69, 9.17) is 0 Å². The van der Waals surface area contributed by atoms with Crippen molar-refractivity contribution in [2.45, 2.75) is 51.5 Å². The molecule has 2 N–H and O–H groups in total. The fourth-order valence-corrected chi connectivity index (χ4v) is 5.36. The Bertz CT molecular complexity index is 446. The Labute approximate surface area is 151 Å². The van der Waals surface area contributed by atoms with E-state index in [1.54, 1.807) is 6.92 Å². The first-order chi connectivity index (χ1) is 10.9. The predicted molar refractivity (Wildman–Crippen MR) is 89.8 cm³/mol. The number of amides is 2. The molecule has 0 aliphatic heterocycles. The van der Waals surface area contributed by atoms with Crippen LogP contribution in [0.15, 0.2) is 0 Å². The minimum Gasteiger partial charge on any atom is -1.00 e. The maximum atomic E-state index is 12.9. The number of carbonyl (C=O) groups is 2. The molecule has 4 bridgehead atoms. The Hall–Kier alpha value is -0.810. The second kappa shape index (κ2) is 7.61. The van der Waals surface area contributed by atoms with E-state index in [-0.39, 0.29) is 29.6 Å². The van der Waals surface area contributed by atoms with Crippen LogP contribution in [0.5, 0.6) is 0 Å². The van der Waals surface area contributed by atoms with Gasteiger partial charge in [0.25, 0.3) is 0 Å². The van der Waals surface area contributed by atoms with Crippen molar-refractivity contribution in [2.24, 2.45) is 23.2 Å². The van der Waals surface area contributed by atoms with Crippen molar-refractivity contribution in [3.05, 3.63) is 0 Å². The van der Waals surface area contributed by atoms with Crippen LogP contribution in [0.25, 0.3) is 0 Å². The van der Waals surface area contributed by atoms with Gasteiger partial charge in [-0.05, 0) is 77.3 Å². The molecule has 0 radical (unpaired) electrons. The van der Waals surface area contributed by atoms with E-state index in [0.29, 0.717) is 6.54 Å². The van der Waals surface area contributed by atoms with Crippen LogP contribution in [0, 0.1) is 23.2 Å². The van der Waals surface area contributed by atoms with Gasteiger partial charge < -0.3 is 27.9 Å². The zero-order valence-corrected chi connectivity index (χ0v) is 15.9. The van der Waals surface area contributed by atoms with Crippen LogP contribution in [-0.4, -0.2) is 49.9 Å². The van der Waals surface area contributed by atoms with E-state index >= 15 is 0 Å². The molecule has 4 saturated carbocycles. The second-order valence-electron chi connectivity index (χ2n) is 8.49. The van der Waals surface area contributed by atoms with Crippen molar-refractivity contribution in [1.29, 1.82) is 0 Å². The van der Waals surface area contributed by atoms with Gasteiger partial charge in [0, 0.05) is 18.5 Å². The summed E-state index contributed by atoms with van der Waals surface area (Å²) in [6.45, 7) is 3.22. The summed E-state index contributed by atoms with van der Waals surface area (Å²) < 4.78 is 0. The minimum absolute atomic E-state index is 0. The third kappa shape index (κ3) is 4.05. The zero-order chi connectivity index (χ0) is 16.6. The smallest absolute Gasteiger partial charge is 0.242 e. The first kappa shape index (κ1) is 19.5. The number of likely N-dealkylation sites (N-methyl/N-ethyl adjacent to an activating group) is 1. The van der Waals surface area contributed by atoms with Crippen molar-refractivity contribution in [2.75, 3.05) is 27.2 Å². The number of carbonyl (C=O) groups excluding carboxylic acids is 2. The molecule has 0 spiro atoms. The molecular weight excluding hydrogens is 326 g/mol. The molecule has 2 amide bonds. The molecule has 0 aromatic rings. The largest absolute Gasteiger partial charge is 1.00 e. The summed E-state index contributed by atoms with van der Waals surface area (Å²) in [5, 5.41) is 5.91. The highest BCUT2D eigenvalue weighted by atomic mass is 35.5. The van der Waals surface area contributed by atoms with Gasteiger partial charge in [-0.25, -0.2) is 0 Å². The standard InChI is InChI=1S/C18H31N3O2.ClH/c1-12(16(22)19-4-5-21(2)3)20-17(23)18-9-13-6-14(10-18)8-15(7-13)11-18;/h12-15H,4-11H2,1-3H3,(H,19,22)(H,20,23);1H/p-1. The van der Waals surface area contributed by atoms with Gasteiger partial charge in [-0.15, -0.1) is 0 Å². The van der Waals surface area contributed by atoms with Crippen LogP contribution in [0.2, 0.25) is 0 Å². The van der Waals surface area contributed by atoms with Gasteiger partial charge >= 0.3 is 0 Å². The van der Waals surface area contributed by atoms with Crippen LogP contribution >= 0.6 is 0 Å². The molecule has 138 valence electrons. The van der Waals surface area contributed by atoms with E-state index < -0.39 is 6.04 Å². The summed E-state index contributed by atoms with van der Waals surface area (Å²) in [7, 11) is 3.95. The summed E-state index contributed by atoms with van der Waals surface area (Å²) >= 11 is 0. The molecule has 4 rings (SSSR count). The maximum absolute atomic E-state index is 12.9. The fourth-order valence-electron chi connectivity index (χ4n) is 5.36. The van der Waals surface area contributed by atoms with Gasteiger partial charge in [0.1, 0.15) is 6.04 Å². The predicted octanol–water partition coefficient (Wildman–Crippen LogP) is -1.61. The van der Waals surface area contributed by atoms with E-state index in [2.05, 4.69) is 10.6 Å². The van der Waals surface area contributed by atoms with Gasteiger partial charge in [0.2, 0.25) is 11.8 Å². The number of hydrogen-bond donors (Lipinski definition) is 2. The quantitative estimate of drug-likeness (QED) is 0.602. The highest BCUT2D eigenvalue weighted by molar-refractivity contribution is 5.90. The van der Waals surface area contributed by atoms with Crippen molar-refractivity contribution < 1.29 is 22.0 Å². The Morgan fingerprint density at radius 3 is 2.04 bits per heavy atom. The number of rotatable bonds is 6. The zero-order valence-electron chi connectivity index (χ0n) is 15.1. The first-order valence-electron chi connectivity index (χ1n) is 9.11. The Balaban J connectivity index is 0.00000208. The lowest BCUT2D eigenvalue weighted by Gasteiger charge is -2.55. The average molecular weight is 357 g/mol. The van der Waals surface area contributed by atoms with Crippen LogP contribution in [0.1, 0.15) is 45.4 Å². The Kier molecular flexibility index (Phi) is 6.19. The Morgan fingerprint density at radius 2 is 1.58 bits per heavy atom. The van der Waals surface area contributed by atoms with Crippen molar-refractivity contribution >= 4 is 11.8 Å². The van der Waals surface area contributed by atoms with Crippen molar-refractivity contribution in [3.8, 4) is 0 Å². The maximum Gasteiger partial charge on any atom is 0.242 e. The minimum atomic E-state index is -0.447. The van der Waals surface area contributed by atoms with Crippen molar-refractivity contribution in [3.63, 3.8) is 0 Å². The molecule has 4 aliphatic carbocycles. The average Bonchev–Trinajstić information content (AvgIpc) is 2.45. The molecule has 6 heteroatoms. The molecule has 0 aromatic carbocycles. The van der Waals surface area contributed by atoms with Crippen molar-refractivity contribution in [1.82, 2.24) is 15.5 Å². The number of nitrogens with zero attached hydrogens (tertiary/aromatic N) is 1. The third-order valence-corrected chi connectivity index (χ3v) is 6.12. The summed E-state index contributed by atoms with van der Waals surface area (Å²) in [5.74, 6) is 2.29. The molecule has 4 fully saturated rings. The number of nitrogens with one attached hydrogen (secondary N) is 2. The summed E-state index contributed by atoms with van der Waals surface area (Å²) in [6, 6.07) is -0.447. The van der Waals surface area contributed by atoms with Gasteiger partial charge in [0.05, 0.1) is 0 Å². The molecular formula is C18H31ClN3O2-. The topological polar surface area (TPSA) is 61.4 Å². The van der Waals surface area contributed by atoms with Crippen LogP contribution in [0.3, 0.4) is 0 Å². The van der Waals surface area contributed by atoms with Gasteiger partial charge in [-0.1, -0.05) is 0 Å². The van der Waals surface area contributed by atoms with Gasteiger partial charge in [-0.3, -0.25) is 9.59 Å². The fraction of sp³-hybridized carbons (Fsp3) is 0.889. The molecule has 5 nitrogen and oxygen atoms in total. The molecule has 0 heterocycles.